The molecule has 2 aromatic rings. The number of ether oxygens (including phenoxy) is 1. The van der Waals surface area contributed by atoms with Crippen molar-refractivity contribution in [2.45, 2.75) is 5.75 Å². The van der Waals surface area contributed by atoms with Crippen LogP contribution < -0.4 is 10.0 Å². The molecule has 2 rings (SSSR count). The number of nitrogens with one attached hydrogen (secondary N) is 2. The zero-order chi connectivity index (χ0) is 18.3. The lowest BCUT2D eigenvalue weighted by Gasteiger charge is -2.13. The van der Waals surface area contributed by atoms with Gasteiger partial charge in [0.2, 0.25) is 10.0 Å². The van der Waals surface area contributed by atoms with E-state index in [-0.39, 0.29) is 22.9 Å². The molecule has 0 atom stereocenters. The Morgan fingerprint density at radius 3 is 2.48 bits per heavy atom. The molecule has 0 saturated heterocycles. The van der Waals surface area contributed by atoms with Crippen molar-refractivity contribution in [3.8, 4) is 0 Å². The van der Waals surface area contributed by atoms with Gasteiger partial charge in [-0.25, -0.2) is 8.42 Å². The number of anilines is 1. The summed E-state index contributed by atoms with van der Waals surface area (Å²) in [6.07, 6.45) is 0. The molecule has 8 heteroatoms. The number of carbonyl (C=O) groups is 1. The molecule has 0 radical (unpaired) electrons. The van der Waals surface area contributed by atoms with Crippen molar-refractivity contribution in [1.82, 2.24) is 5.32 Å². The van der Waals surface area contributed by atoms with Crippen LogP contribution in [0.15, 0.2) is 48.5 Å². The fourth-order valence-corrected chi connectivity index (χ4v) is 3.48. The van der Waals surface area contributed by atoms with Gasteiger partial charge >= 0.3 is 0 Å². The van der Waals surface area contributed by atoms with E-state index in [1.165, 1.54) is 7.11 Å². The van der Waals surface area contributed by atoms with Crippen LogP contribution >= 0.6 is 11.6 Å². The number of benzene rings is 2. The van der Waals surface area contributed by atoms with Gasteiger partial charge in [-0.05, 0) is 29.8 Å². The standard InChI is InChI=1S/C17H19ClN2O4S/c1-24-11-10-19-17(21)15-4-2-3-5-16(15)20-25(22,23)12-13-6-8-14(18)9-7-13/h2-9,20H,10-12H2,1H3,(H,19,21). The van der Waals surface area contributed by atoms with E-state index in [2.05, 4.69) is 10.0 Å². The maximum Gasteiger partial charge on any atom is 0.253 e. The molecule has 0 spiro atoms. The van der Waals surface area contributed by atoms with E-state index in [1.54, 1.807) is 48.5 Å². The third kappa shape index (κ3) is 6.04. The minimum Gasteiger partial charge on any atom is -0.383 e. The first-order valence-corrected chi connectivity index (χ1v) is 9.55. The van der Waals surface area contributed by atoms with Crippen LogP contribution in [0.2, 0.25) is 5.02 Å². The molecule has 2 N–H and O–H groups in total. The second-order valence-electron chi connectivity index (χ2n) is 5.28. The molecular formula is C17H19ClN2O4S. The predicted molar refractivity (Wildman–Crippen MR) is 98.3 cm³/mol. The van der Waals surface area contributed by atoms with E-state index < -0.39 is 10.0 Å². The van der Waals surface area contributed by atoms with Crippen molar-refractivity contribution in [3.05, 3.63) is 64.7 Å². The Morgan fingerprint density at radius 2 is 1.80 bits per heavy atom. The van der Waals surface area contributed by atoms with Crippen LogP contribution in [0, 0.1) is 0 Å². The van der Waals surface area contributed by atoms with Gasteiger partial charge in [-0.3, -0.25) is 9.52 Å². The lowest BCUT2D eigenvalue weighted by atomic mass is 10.2. The van der Waals surface area contributed by atoms with Crippen molar-refractivity contribution in [1.29, 1.82) is 0 Å². The van der Waals surface area contributed by atoms with E-state index in [4.69, 9.17) is 16.3 Å². The summed E-state index contributed by atoms with van der Waals surface area (Å²) in [6, 6.07) is 13.0. The number of amides is 1. The summed E-state index contributed by atoms with van der Waals surface area (Å²) in [7, 11) is -2.15. The fourth-order valence-electron chi connectivity index (χ4n) is 2.14. The van der Waals surface area contributed by atoms with Gasteiger partial charge in [0.1, 0.15) is 0 Å². The average molecular weight is 383 g/mol. The third-order valence-electron chi connectivity index (χ3n) is 3.30. The Kier molecular flexibility index (Phi) is 6.81. The van der Waals surface area contributed by atoms with E-state index in [0.29, 0.717) is 23.7 Å². The molecule has 2 aromatic carbocycles. The van der Waals surface area contributed by atoms with E-state index in [9.17, 15) is 13.2 Å². The van der Waals surface area contributed by atoms with Gasteiger partial charge in [0.25, 0.3) is 5.91 Å². The summed E-state index contributed by atoms with van der Waals surface area (Å²) in [6.45, 7) is 0.706. The molecule has 0 aliphatic heterocycles. The lowest BCUT2D eigenvalue weighted by molar-refractivity contribution is 0.0938. The molecule has 0 unspecified atom stereocenters. The van der Waals surface area contributed by atoms with E-state index in [0.717, 1.165) is 0 Å². The highest BCUT2D eigenvalue weighted by molar-refractivity contribution is 7.91. The number of para-hydroxylation sites is 1. The Hall–Kier alpha value is -2.09. The van der Waals surface area contributed by atoms with Gasteiger partial charge < -0.3 is 10.1 Å². The average Bonchev–Trinajstić information content (AvgIpc) is 2.57. The quantitative estimate of drug-likeness (QED) is 0.687. The zero-order valence-electron chi connectivity index (χ0n) is 13.7. The molecule has 0 aliphatic rings. The van der Waals surface area contributed by atoms with Crippen LogP contribution in [-0.4, -0.2) is 34.6 Å². The number of rotatable bonds is 8. The van der Waals surface area contributed by atoms with Crippen LogP contribution in [0.1, 0.15) is 15.9 Å². The minimum absolute atomic E-state index is 0.218. The Balaban J connectivity index is 2.13. The minimum atomic E-state index is -3.68. The fraction of sp³-hybridized carbons (Fsp3) is 0.235. The summed E-state index contributed by atoms with van der Waals surface area (Å²) in [5.74, 6) is -0.592. The highest BCUT2D eigenvalue weighted by Crippen LogP contribution is 2.19. The molecule has 0 saturated carbocycles. The van der Waals surface area contributed by atoms with Crippen LogP contribution in [0.4, 0.5) is 5.69 Å². The number of halogens is 1. The summed E-state index contributed by atoms with van der Waals surface area (Å²) in [4.78, 5) is 12.2. The number of hydrogen-bond acceptors (Lipinski definition) is 4. The first-order valence-electron chi connectivity index (χ1n) is 7.52. The smallest absolute Gasteiger partial charge is 0.253 e. The first kappa shape index (κ1) is 19.2. The summed E-state index contributed by atoms with van der Waals surface area (Å²) < 4.78 is 32.1. The first-order chi connectivity index (χ1) is 11.9. The number of hydrogen-bond donors (Lipinski definition) is 2. The van der Waals surface area contributed by atoms with Gasteiger partial charge in [0.05, 0.1) is 23.6 Å². The second-order valence-corrected chi connectivity index (χ2v) is 7.44. The molecule has 134 valence electrons. The van der Waals surface area contributed by atoms with E-state index in [1.807, 2.05) is 0 Å². The van der Waals surface area contributed by atoms with Crippen LogP contribution in [0.25, 0.3) is 0 Å². The Morgan fingerprint density at radius 1 is 1.12 bits per heavy atom. The second kappa shape index (κ2) is 8.84. The zero-order valence-corrected chi connectivity index (χ0v) is 15.2. The van der Waals surface area contributed by atoms with Gasteiger partial charge in [-0.2, -0.15) is 0 Å². The highest BCUT2D eigenvalue weighted by atomic mass is 35.5. The highest BCUT2D eigenvalue weighted by Gasteiger charge is 2.17. The lowest BCUT2D eigenvalue weighted by Crippen LogP contribution is -2.28. The van der Waals surface area contributed by atoms with Crippen molar-refractivity contribution in [3.63, 3.8) is 0 Å². The normalized spacial score (nSPS) is 11.1. The molecule has 6 nitrogen and oxygen atoms in total. The Bertz CT molecular complexity index is 823. The Labute approximate surface area is 152 Å². The van der Waals surface area contributed by atoms with Crippen molar-refractivity contribution < 1.29 is 17.9 Å². The molecule has 1 amide bonds. The van der Waals surface area contributed by atoms with E-state index >= 15 is 0 Å². The SMILES string of the molecule is COCCNC(=O)c1ccccc1NS(=O)(=O)Cc1ccc(Cl)cc1. The van der Waals surface area contributed by atoms with Crippen molar-refractivity contribution >= 4 is 33.2 Å². The van der Waals surface area contributed by atoms with Crippen LogP contribution in [-0.2, 0) is 20.5 Å². The number of carbonyl (C=O) groups excluding carboxylic acids is 1. The maximum absolute atomic E-state index is 12.4. The van der Waals surface area contributed by atoms with Gasteiger partial charge in [-0.15, -0.1) is 0 Å². The topological polar surface area (TPSA) is 84.5 Å². The maximum atomic E-state index is 12.4. The molecule has 0 aromatic heterocycles. The molecule has 25 heavy (non-hydrogen) atoms. The monoisotopic (exact) mass is 382 g/mol. The number of methoxy groups -OCH3 is 1. The summed E-state index contributed by atoms with van der Waals surface area (Å²) in [5, 5.41) is 3.20. The summed E-state index contributed by atoms with van der Waals surface area (Å²) >= 11 is 5.80. The molecular weight excluding hydrogens is 364 g/mol. The number of sulfonamides is 1. The predicted octanol–water partition coefficient (Wildman–Crippen LogP) is 2.66. The van der Waals surface area contributed by atoms with Crippen LogP contribution in [0.3, 0.4) is 0 Å². The van der Waals surface area contributed by atoms with Crippen molar-refractivity contribution in [2.24, 2.45) is 0 Å². The molecule has 0 bridgehead atoms. The molecule has 0 heterocycles. The van der Waals surface area contributed by atoms with Gasteiger partial charge in [0, 0.05) is 18.7 Å². The van der Waals surface area contributed by atoms with Crippen LogP contribution in [0.5, 0.6) is 0 Å². The van der Waals surface area contributed by atoms with Crippen molar-refractivity contribution in [2.75, 3.05) is 25.0 Å². The third-order valence-corrected chi connectivity index (χ3v) is 4.80. The molecule has 0 fully saturated rings. The summed E-state index contributed by atoms with van der Waals surface area (Å²) in [5.41, 5.74) is 1.07. The van der Waals surface area contributed by atoms with Gasteiger partial charge in [0.15, 0.2) is 0 Å². The van der Waals surface area contributed by atoms with Gasteiger partial charge in [-0.1, -0.05) is 35.9 Å². The largest absolute Gasteiger partial charge is 0.383 e. The molecule has 0 aliphatic carbocycles.